The van der Waals surface area contributed by atoms with Crippen molar-refractivity contribution in [3.63, 3.8) is 0 Å². The van der Waals surface area contributed by atoms with Crippen molar-refractivity contribution in [2.75, 3.05) is 5.32 Å². The molecule has 11 nitrogen and oxygen atoms in total. The highest BCUT2D eigenvalue weighted by molar-refractivity contribution is 7.22. The predicted molar refractivity (Wildman–Crippen MR) is 83.8 cm³/mol. The van der Waals surface area contributed by atoms with Crippen LogP contribution in [-0.4, -0.2) is 30.5 Å². The number of carbonyl (C=O) groups is 1. The summed E-state index contributed by atoms with van der Waals surface area (Å²) in [6, 6.07) is 5.39. The van der Waals surface area contributed by atoms with Gasteiger partial charge in [-0.2, -0.15) is 4.68 Å². The second-order valence-electron chi connectivity index (χ2n) is 4.60. The highest BCUT2D eigenvalue weighted by Crippen LogP contribution is 2.29. The Hall–Kier alpha value is -3.41. The molecule has 2 heterocycles. The van der Waals surface area contributed by atoms with Crippen molar-refractivity contribution in [2.45, 2.75) is 6.54 Å². The Morgan fingerprint density at radius 1 is 1.25 bits per heavy atom. The number of rotatable bonds is 5. The van der Waals surface area contributed by atoms with Crippen LogP contribution in [0.3, 0.4) is 0 Å². The molecule has 1 aromatic carbocycles. The summed E-state index contributed by atoms with van der Waals surface area (Å²) in [4.78, 5) is 36.2. The maximum absolute atomic E-state index is 11.9. The summed E-state index contributed by atoms with van der Waals surface area (Å²) < 4.78 is 1.69. The maximum atomic E-state index is 11.9. The summed E-state index contributed by atoms with van der Waals surface area (Å²) in [5.74, 6) is -0.823. The Balaban J connectivity index is 1.72. The van der Waals surface area contributed by atoms with Crippen molar-refractivity contribution in [3.8, 4) is 0 Å². The summed E-state index contributed by atoms with van der Waals surface area (Å²) in [6.45, 7) is -0.218. The van der Waals surface area contributed by atoms with Crippen molar-refractivity contribution in [1.29, 1.82) is 0 Å². The van der Waals surface area contributed by atoms with Gasteiger partial charge >= 0.3 is 5.82 Å². The number of nitro benzene ring substituents is 1. The number of nitrogens with one attached hydrogen (secondary N) is 1. The minimum atomic E-state index is -0.658. The molecule has 0 aliphatic carbocycles. The van der Waals surface area contributed by atoms with Crippen LogP contribution in [0.5, 0.6) is 0 Å². The van der Waals surface area contributed by atoms with Gasteiger partial charge < -0.3 is 15.4 Å². The number of fused-ring (bicyclic) bond motifs is 1. The van der Waals surface area contributed by atoms with Crippen LogP contribution in [0.4, 0.5) is 16.6 Å². The van der Waals surface area contributed by atoms with Gasteiger partial charge in [-0.3, -0.25) is 14.9 Å². The molecule has 0 radical (unpaired) electrons. The number of hydrogen-bond donors (Lipinski definition) is 1. The van der Waals surface area contributed by atoms with Crippen LogP contribution >= 0.6 is 11.3 Å². The monoisotopic (exact) mass is 348 g/mol. The van der Waals surface area contributed by atoms with Crippen LogP contribution in [0.15, 0.2) is 30.5 Å². The zero-order valence-corrected chi connectivity index (χ0v) is 12.6. The van der Waals surface area contributed by atoms with Crippen molar-refractivity contribution in [3.05, 3.63) is 50.7 Å². The van der Waals surface area contributed by atoms with Crippen LogP contribution in [0.25, 0.3) is 10.2 Å². The summed E-state index contributed by atoms with van der Waals surface area (Å²) in [5, 5.41) is 27.7. The van der Waals surface area contributed by atoms with Crippen LogP contribution in [0.1, 0.15) is 0 Å². The number of carbonyl (C=O) groups excluding carboxylic acids is 1. The molecule has 3 rings (SSSR count). The van der Waals surface area contributed by atoms with E-state index in [9.17, 15) is 25.0 Å². The van der Waals surface area contributed by atoms with Crippen molar-refractivity contribution in [1.82, 2.24) is 14.8 Å². The largest absolute Gasteiger partial charge is 0.389 e. The van der Waals surface area contributed by atoms with Crippen molar-refractivity contribution in [2.24, 2.45) is 0 Å². The first-order valence-corrected chi connectivity index (χ1v) is 7.27. The average Bonchev–Trinajstić information content (AvgIpc) is 3.12. The zero-order valence-electron chi connectivity index (χ0n) is 11.8. The smallest absolute Gasteiger partial charge is 0.358 e. The molecule has 0 saturated carbocycles. The van der Waals surface area contributed by atoms with Gasteiger partial charge in [0.15, 0.2) is 5.13 Å². The minimum absolute atomic E-state index is 0.0622. The quantitative estimate of drug-likeness (QED) is 0.547. The fraction of sp³-hybridized carbons (Fsp3) is 0.0833. The summed E-state index contributed by atoms with van der Waals surface area (Å²) in [5.41, 5.74) is 0.462. The number of benzene rings is 1. The normalized spacial score (nSPS) is 10.7. The van der Waals surface area contributed by atoms with Gasteiger partial charge in [0.05, 0.1) is 32.5 Å². The first kappa shape index (κ1) is 15.5. The molecule has 12 heteroatoms. The lowest BCUT2D eigenvalue weighted by Crippen LogP contribution is -2.19. The summed E-state index contributed by atoms with van der Waals surface area (Å²) >= 11 is 1.09. The zero-order chi connectivity index (χ0) is 17.3. The molecule has 1 amide bonds. The van der Waals surface area contributed by atoms with E-state index in [1.165, 1.54) is 30.5 Å². The van der Waals surface area contributed by atoms with E-state index in [1.54, 1.807) is 0 Å². The van der Waals surface area contributed by atoms with Gasteiger partial charge in [-0.15, -0.1) is 0 Å². The Kier molecular flexibility index (Phi) is 3.87. The van der Waals surface area contributed by atoms with Gasteiger partial charge in [0, 0.05) is 12.1 Å². The van der Waals surface area contributed by atoms with E-state index in [0.29, 0.717) is 10.2 Å². The van der Waals surface area contributed by atoms with Gasteiger partial charge in [0.1, 0.15) is 6.54 Å². The van der Waals surface area contributed by atoms with Gasteiger partial charge in [-0.05, 0) is 11.0 Å². The minimum Gasteiger partial charge on any atom is -0.358 e. The standard InChI is InChI=1S/C12H8N6O5S/c19-11(6-16-4-3-10(15-16)18(22)23)14-12-13-8-2-1-7(17(20)21)5-9(8)24-12/h1-5H,6H2,(H,13,14,19). The second-order valence-corrected chi connectivity index (χ2v) is 5.64. The van der Waals surface area contributed by atoms with Crippen LogP contribution in [0.2, 0.25) is 0 Å². The SMILES string of the molecule is O=C(Cn1ccc([N+](=O)[O-])n1)Nc1nc2ccc([N+](=O)[O-])cc2s1. The Morgan fingerprint density at radius 3 is 2.71 bits per heavy atom. The molecule has 0 saturated heterocycles. The molecule has 0 bridgehead atoms. The molecule has 1 N–H and O–H groups in total. The van der Waals surface area contributed by atoms with E-state index in [0.717, 1.165) is 16.0 Å². The molecule has 0 atom stereocenters. The molecular weight excluding hydrogens is 340 g/mol. The summed E-state index contributed by atoms with van der Waals surface area (Å²) in [7, 11) is 0. The fourth-order valence-electron chi connectivity index (χ4n) is 1.92. The third-order valence-corrected chi connectivity index (χ3v) is 3.88. The first-order valence-electron chi connectivity index (χ1n) is 6.45. The first-order chi connectivity index (χ1) is 11.4. The predicted octanol–water partition coefficient (Wildman–Crippen LogP) is 1.95. The van der Waals surface area contributed by atoms with Gasteiger partial charge in [-0.1, -0.05) is 11.3 Å². The number of anilines is 1. The maximum Gasteiger partial charge on any atom is 0.389 e. The van der Waals surface area contributed by atoms with Crippen LogP contribution < -0.4 is 5.32 Å². The summed E-state index contributed by atoms with van der Waals surface area (Å²) in [6.07, 6.45) is 1.32. The van der Waals surface area contributed by atoms with E-state index in [4.69, 9.17) is 0 Å². The lowest BCUT2D eigenvalue weighted by atomic mass is 10.3. The molecule has 0 unspecified atom stereocenters. The Morgan fingerprint density at radius 2 is 2.04 bits per heavy atom. The third-order valence-electron chi connectivity index (χ3n) is 2.95. The van der Waals surface area contributed by atoms with Crippen molar-refractivity contribution < 1.29 is 14.6 Å². The molecule has 0 fully saturated rings. The lowest BCUT2D eigenvalue weighted by Gasteiger charge is -1.98. The number of nitrogens with zero attached hydrogens (tertiary/aromatic N) is 5. The van der Waals surface area contributed by atoms with Crippen molar-refractivity contribution >= 4 is 44.1 Å². The highest BCUT2D eigenvalue weighted by atomic mass is 32.1. The molecule has 2 aromatic heterocycles. The molecule has 122 valence electrons. The van der Waals surface area contributed by atoms with E-state index >= 15 is 0 Å². The van der Waals surface area contributed by atoms with Gasteiger partial charge in [0.2, 0.25) is 5.91 Å². The molecule has 0 aliphatic rings. The van der Waals surface area contributed by atoms with E-state index in [-0.39, 0.29) is 23.2 Å². The molecule has 3 aromatic rings. The van der Waals surface area contributed by atoms with E-state index in [2.05, 4.69) is 15.4 Å². The Labute approximate surface area is 136 Å². The topological polar surface area (TPSA) is 146 Å². The molecular formula is C12H8N6O5S. The Bertz CT molecular complexity index is 964. The average molecular weight is 348 g/mol. The molecule has 0 spiro atoms. The van der Waals surface area contributed by atoms with Gasteiger partial charge in [-0.25, -0.2) is 4.98 Å². The third kappa shape index (κ3) is 3.17. The molecule has 0 aliphatic heterocycles. The number of aromatic nitrogens is 3. The van der Waals surface area contributed by atoms with Crippen LogP contribution in [-0.2, 0) is 11.3 Å². The number of non-ortho nitro benzene ring substituents is 1. The number of thiazole rings is 1. The van der Waals surface area contributed by atoms with E-state index < -0.39 is 15.8 Å². The van der Waals surface area contributed by atoms with Crippen LogP contribution in [0, 0.1) is 20.2 Å². The number of nitro groups is 2. The lowest BCUT2D eigenvalue weighted by molar-refractivity contribution is -0.389. The fourth-order valence-corrected chi connectivity index (χ4v) is 2.84. The molecule has 24 heavy (non-hydrogen) atoms. The highest BCUT2D eigenvalue weighted by Gasteiger charge is 2.15. The van der Waals surface area contributed by atoms with Gasteiger partial charge in [0.25, 0.3) is 5.69 Å². The number of hydrogen-bond acceptors (Lipinski definition) is 8. The van der Waals surface area contributed by atoms with E-state index in [1.807, 2.05) is 0 Å². The number of amides is 1. The second kappa shape index (κ2) is 6.00.